The molecule has 108 valence electrons. The van der Waals surface area contributed by atoms with Crippen molar-refractivity contribution in [2.75, 3.05) is 19.8 Å². The largest absolute Gasteiger partial charge is 0.505 e. The molecule has 0 aliphatic rings. The molecule has 0 aliphatic heterocycles. The lowest BCUT2D eigenvalue weighted by molar-refractivity contribution is 0.0704. The number of hydrogen-bond acceptors (Lipinski definition) is 3. The predicted octanol–water partition coefficient (Wildman–Crippen LogP) is 3.26. The average molecular weight is 286 g/mol. The van der Waals surface area contributed by atoms with Gasteiger partial charge < -0.3 is 13.3 Å². The van der Waals surface area contributed by atoms with E-state index in [9.17, 15) is 4.39 Å². The summed E-state index contributed by atoms with van der Waals surface area (Å²) >= 11 is 0. The minimum atomic E-state index is -2.74. The number of aryl methyl sites for hydroxylation is 1. The van der Waals surface area contributed by atoms with E-state index in [0.717, 1.165) is 5.56 Å². The summed E-state index contributed by atoms with van der Waals surface area (Å²) in [5.74, 6) is -0.204. The first kappa shape index (κ1) is 16.3. The number of hydrogen-bond donors (Lipinski definition) is 0. The van der Waals surface area contributed by atoms with E-state index in [1.165, 1.54) is 6.07 Å². The number of rotatable bonds is 8. The highest BCUT2D eigenvalue weighted by atomic mass is 28.4. The maximum atomic E-state index is 13.6. The molecule has 0 saturated heterocycles. The SMILES string of the molecule is CCO[Si](Cc1ccc(C)c(F)c1)(OCC)OCC. The van der Waals surface area contributed by atoms with Gasteiger partial charge in [-0.25, -0.2) is 4.39 Å². The van der Waals surface area contributed by atoms with Gasteiger partial charge in [0.1, 0.15) is 5.82 Å². The van der Waals surface area contributed by atoms with E-state index in [0.29, 0.717) is 31.4 Å². The second kappa shape index (κ2) is 7.74. The van der Waals surface area contributed by atoms with Crippen molar-refractivity contribution in [3.63, 3.8) is 0 Å². The first-order valence-electron chi connectivity index (χ1n) is 6.73. The Labute approximate surface area is 116 Å². The Morgan fingerprint density at radius 2 is 1.53 bits per heavy atom. The van der Waals surface area contributed by atoms with Crippen molar-refractivity contribution in [3.8, 4) is 0 Å². The van der Waals surface area contributed by atoms with Crippen LogP contribution in [0.25, 0.3) is 0 Å². The standard InChI is InChI=1S/C14H23FO3Si/c1-5-16-19(17-6-2,18-7-3)11-13-9-8-12(4)14(15)10-13/h8-10H,5-7,11H2,1-4H3. The Balaban J connectivity index is 2.93. The molecule has 0 heterocycles. The summed E-state index contributed by atoms with van der Waals surface area (Å²) in [7, 11) is -2.74. The van der Waals surface area contributed by atoms with Crippen LogP contribution in [0, 0.1) is 12.7 Å². The van der Waals surface area contributed by atoms with Crippen molar-refractivity contribution in [2.45, 2.75) is 33.7 Å². The van der Waals surface area contributed by atoms with Crippen molar-refractivity contribution in [3.05, 3.63) is 35.1 Å². The fourth-order valence-electron chi connectivity index (χ4n) is 1.93. The minimum Gasteiger partial charge on any atom is -0.374 e. The summed E-state index contributed by atoms with van der Waals surface area (Å²) in [4.78, 5) is 0. The van der Waals surface area contributed by atoms with Crippen LogP contribution in [-0.4, -0.2) is 28.6 Å². The molecule has 3 nitrogen and oxygen atoms in total. The van der Waals surface area contributed by atoms with Crippen molar-refractivity contribution in [2.24, 2.45) is 0 Å². The van der Waals surface area contributed by atoms with Gasteiger partial charge in [0.15, 0.2) is 0 Å². The van der Waals surface area contributed by atoms with Gasteiger partial charge in [0.2, 0.25) is 0 Å². The molecule has 1 aromatic rings. The second-order valence-electron chi connectivity index (χ2n) is 4.24. The van der Waals surface area contributed by atoms with E-state index < -0.39 is 8.80 Å². The fourth-order valence-corrected chi connectivity index (χ4v) is 4.53. The summed E-state index contributed by atoms with van der Waals surface area (Å²) in [6, 6.07) is 5.71. The van der Waals surface area contributed by atoms with Crippen molar-refractivity contribution >= 4 is 8.80 Å². The van der Waals surface area contributed by atoms with E-state index in [1.54, 1.807) is 13.0 Å². The smallest absolute Gasteiger partial charge is 0.374 e. The molecule has 19 heavy (non-hydrogen) atoms. The molecule has 0 fully saturated rings. The molecule has 0 aromatic heterocycles. The maximum absolute atomic E-state index is 13.6. The van der Waals surface area contributed by atoms with Gasteiger partial charge >= 0.3 is 8.80 Å². The van der Waals surface area contributed by atoms with Crippen LogP contribution >= 0.6 is 0 Å². The molecule has 0 aliphatic carbocycles. The van der Waals surface area contributed by atoms with Gasteiger partial charge in [-0.1, -0.05) is 12.1 Å². The van der Waals surface area contributed by atoms with Crippen LogP contribution in [0.2, 0.25) is 0 Å². The van der Waals surface area contributed by atoms with E-state index in [1.807, 2.05) is 26.8 Å². The lowest BCUT2D eigenvalue weighted by Gasteiger charge is -2.28. The third kappa shape index (κ3) is 4.69. The predicted molar refractivity (Wildman–Crippen MR) is 75.5 cm³/mol. The van der Waals surface area contributed by atoms with E-state index in [4.69, 9.17) is 13.3 Å². The molecule has 0 atom stereocenters. The lowest BCUT2D eigenvalue weighted by Crippen LogP contribution is -2.48. The topological polar surface area (TPSA) is 27.7 Å². The third-order valence-electron chi connectivity index (χ3n) is 2.75. The summed E-state index contributed by atoms with van der Waals surface area (Å²) in [6.07, 6.45) is 0. The third-order valence-corrected chi connectivity index (χ3v) is 5.78. The van der Waals surface area contributed by atoms with Crippen molar-refractivity contribution < 1.29 is 17.7 Å². The fraction of sp³-hybridized carbons (Fsp3) is 0.571. The van der Waals surface area contributed by atoms with Gasteiger partial charge in [0.05, 0.1) is 0 Å². The second-order valence-corrected chi connectivity index (χ2v) is 6.83. The molecule has 1 rings (SSSR count). The molecular weight excluding hydrogens is 263 g/mol. The summed E-state index contributed by atoms with van der Waals surface area (Å²) < 4.78 is 30.9. The molecule has 0 bridgehead atoms. The monoisotopic (exact) mass is 286 g/mol. The first-order chi connectivity index (χ1) is 9.06. The van der Waals surface area contributed by atoms with Gasteiger partial charge in [0, 0.05) is 25.9 Å². The van der Waals surface area contributed by atoms with Crippen LogP contribution in [0.15, 0.2) is 18.2 Å². The lowest BCUT2D eigenvalue weighted by atomic mass is 10.2. The zero-order valence-corrected chi connectivity index (χ0v) is 13.2. The highest BCUT2D eigenvalue weighted by Crippen LogP contribution is 2.19. The molecule has 0 unspecified atom stereocenters. The van der Waals surface area contributed by atoms with Gasteiger partial charge in [0.25, 0.3) is 0 Å². The molecule has 1 aromatic carbocycles. The van der Waals surface area contributed by atoms with Gasteiger partial charge in [-0.2, -0.15) is 0 Å². The Morgan fingerprint density at radius 1 is 1.00 bits per heavy atom. The van der Waals surface area contributed by atoms with Gasteiger partial charge in [-0.05, 0) is 44.9 Å². The van der Waals surface area contributed by atoms with Gasteiger partial charge in [-0.3, -0.25) is 0 Å². The van der Waals surface area contributed by atoms with Crippen LogP contribution < -0.4 is 0 Å². The Bertz CT molecular complexity index is 381. The zero-order chi connectivity index (χ0) is 14.3. The van der Waals surface area contributed by atoms with Crippen LogP contribution in [0.4, 0.5) is 4.39 Å². The molecule has 5 heteroatoms. The summed E-state index contributed by atoms with van der Waals surface area (Å²) in [5.41, 5.74) is 1.49. The Hall–Kier alpha value is -0.753. The molecule has 0 spiro atoms. The molecule has 0 radical (unpaired) electrons. The quantitative estimate of drug-likeness (QED) is 0.687. The molecule has 0 amide bonds. The van der Waals surface area contributed by atoms with Gasteiger partial charge in [-0.15, -0.1) is 0 Å². The van der Waals surface area contributed by atoms with Crippen LogP contribution in [-0.2, 0) is 19.3 Å². The number of halogens is 1. The Kier molecular flexibility index (Phi) is 6.64. The minimum absolute atomic E-state index is 0.204. The Morgan fingerprint density at radius 3 is 1.95 bits per heavy atom. The summed E-state index contributed by atoms with van der Waals surface area (Å²) in [6.45, 7) is 9.07. The molecule has 0 N–H and O–H groups in total. The first-order valence-corrected chi connectivity index (χ1v) is 8.67. The van der Waals surface area contributed by atoms with Crippen molar-refractivity contribution in [1.82, 2.24) is 0 Å². The normalized spacial score (nSPS) is 11.8. The van der Waals surface area contributed by atoms with E-state index in [-0.39, 0.29) is 5.82 Å². The molecule has 0 saturated carbocycles. The van der Waals surface area contributed by atoms with Crippen LogP contribution in [0.3, 0.4) is 0 Å². The maximum Gasteiger partial charge on any atom is 0.505 e. The van der Waals surface area contributed by atoms with E-state index in [2.05, 4.69) is 0 Å². The number of benzene rings is 1. The van der Waals surface area contributed by atoms with Crippen molar-refractivity contribution in [1.29, 1.82) is 0 Å². The zero-order valence-electron chi connectivity index (χ0n) is 12.2. The van der Waals surface area contributed by atoms with Crippen LogP contribution in [0.1, 0.15) is 31.9 Å². The van der Waals surface area contributed by atoms with E-state index >= 15 is 0 Å². The summed E-state index contributed by atoms with van der Waals surface area (Å²) in [5, 5.41) is 0. The average Bonchev–Trinajstić information content (AvgIpc) is 2.35. The van der Waals surface area contributed by atoms with Crippen LogP contribution in [0.5, 0.6) is 0 Å². The highest BCUT2D eigenvalue weighted by Gasteiger charge is 2.40. The molecular formula is C14H23FO3Si. The highest BCUT2D eigenvalue weighted by molar-refractivity contribution is 6.60.